The van der Waals surface area contributed by atoms with E-state index in [2.05, 4.69) is 57.7 Å². The van der Waals surface area contributed by atoms with Crippen LogP contribution in [0.2, 0.25) is 0 Å². The number of fused-ring (bicyclic) bond motifs is 1. The van der Waals surface area contributed by atoms with E-state index >= 15 is 0 Å². The van der Waals surface area contributed by atoms with E-state index in [1.165, 1.54) is 11.1 Å². The molecule has 8 heteroatoms. The molecule has 0 unspecified atom stereocenters. The summed E-state index contributed by atoms with van der Waals surface area (Å²) in [5.41, 5.74) is 1.33. The predicted octanol–water partition coefficient (Wildman–Crippen LogP) is 7.68. The predicted molar refractivity (Wildman–Crippen MR) is 153 cm³/mol. The summed E-state index contributed by atoms with van der Waals surface area (Å²) in [7, 11) is 0. The maximum absolute atomic E-state index is 13.5. The molecular formula is C28H33Br2N3O3. The van der Waals surface area contributed by atoms with Gasteiger partial charge in [-0.3, -0.25) is 4.79 Å². The van der Waals surface area contributed by atoms with Crippen molar-refractivity contribution in [3.8, 4) is 11.5 Å². The highest BCUT2D eigenvalue weighted by molar-refractivity contribution is 9.13. The third-order valence-corrected chi connectivity index (χ3v) is 8.31. The number of aromatic nitrogens is 2. The molecule has 0 radical (unpaired) electrons. The Morgan fingerprint density at radius 3 is 2.53 bits per heavy atom. The lowest BCUT2D eigenvalue weighted by atomic mass is 9.88. The van der Waals surface area contributed by atoms with Crippen LogP contribution in [0.1, 0.15) is 77.1 Å². The molecule has 1 aliphatic carbocycles. The number of hydrogen-bond acceptors (Lipinski definition) is 5. The van der Waals surface area contributed by atoms with Crippen LogP contribution in [0.15, 0.2) is 49.2 Å². The largest absolute Gasteiger partial charge is 0.490 e. The van der Waals surface area contributed by atoms with Crippen molar-refractivity contribution in [1.29, 1.82) is 0 Å². The molecule has 0 amide bonds. The SMILES string of the molecule is CCOc1cc(C=Nn2c(C3CCCCC3)nc3ccccc3c2=O)c(Br)c(Br)c1OCC(C)(C)C. The van der Waals surface area contributed by atoms with Crippen molar-refractivity contribution < 1.29 is 9.47 Å². The number of nitrogens with zero attached hydrogens (tertiary/aromatic N) is 3. The minimum Gasteiger partial charge on any atom is -0.490 e. The van der Waals surface area contributed by atoms with Crippen molar-refractivity contribution >= 4 is 49.0 Å². The molecule has 36 heavy (non-hydrogen) atoms. The number of ether oxygens (including phenoxy) is 2. The summed E-state index contributed by atoms with van der Waals surface area (Å²) in [6.07, 6.45) is 7.23. The molecular weight excluding hydrogens is 586 g/mol. The van der Waals surface area contributed by atoms with Gasteiger partial charge in [-0.05, 0) is 75.2 Å². The molecule has 1 heterocycles. The molecule has 1 saturated carbocycles. The zero-order valence-electron chi connectivity index (χ0n) is 21.3. The molecule has 6 nitrogen and oxygen atoms in total. The third kappa shape index (κ3) is 6.02. The number of hydrogen-bond donors (Lipinski definition) is 0. The Morgan fingerprint density at radius 2 is 1.83 bits per heavy atom. The molecule has 192 valence electrons. The minimum absolute atomic E-state index is 0.00466. The summed E-state index contributed by atoms with van der Waals surface area (Å²) in [4.78, 5) is 18.4. The standard InChI is InChI=1S/C28H33Br2N3O3/c1-5-35-22-15-19(23(29)24(30)25(22)36-17-28(2,3)4)16-31-33-26(18-11-7-6-8-12-18)32-21-14-10-9-13-20(21)27(33)34/h9-10,13-16,18H,5-8,11-12,17H2,1-4H3. The first-order valence-electron chi connectivity index (χ1n) is 12.5. The molecule has 1 aromatic heterocycles. The zero-order chi connectivity index (χ0) is 25.9. The highest BCUT2D eigenvalue weighted by atomic mass is 79.9. The third-order valence-electron chi connectivity index (χ3n) is 6.17. The molecule has 3 aromatic rings. The molecule has 0 spiro atoms. The van der Waals surface area contributed by atoms with E-state index < -0.39 is 0 Å². The second-order valence-corrected chi connectivity index (χ2v) is 12.0. The summed E-state index contributed by atoms with van der Waals surface area (Å²) in [5, 5.41) is 5.25. The lowest BCUT2D eigenvalue weighted by Crippen LogP contribution is -2.25. The Labute approximate surface area is 229 Å². The Bertz CT molecular complexity index is 1320. The van der Waals surface area contributed by atoms with Gasteiger partial charge in [0.25, 0.3) is 5.56 Å². The molecule has 0 N–H and O–H groups in total. The van der Waals surface area contributed by atoms with Crippen LogP contribution in [0.4, 0.5) is 0 Å². The van der Waals surface area contributed by atoms with Crippen LogP contribution >= 0.6 is 31.9 Å². The van der Waals surface area contributed by atoms with Gasteiger partial charge in [-0.15, -0.1) is 0 Å². The van der Waals surface area contributed by atoms with Crippen molar-refractivity contribution in [3.05, 3.63) is 61.0 Å². The quantitative estimate of drug-likeness (QED) is 0.255. The van der Waals surface area contributed by atoms with Crippen molar-refractivity contribution in [1.82, 2.24) is 9.66 Å². The summed E-state index contributed by atoms with van der Waals surface area (Å²) < 4.78 is 15.1. The van der Waals surface area contributed by atoms with Gasteiger partial charge in [-0.2, -0.15) is 9.78 Å². The fourth-order valence-electron chi connectivity index (χ4n) is 4.38. The van der Waals surface area contributed by atoms with E-state index in [4.69, 9.17) is 14.5 Å². The maximum atomic E-state index is 13.5. The number of para-hydroxylation sites is 1. The number of rotatable bonds is 7. The van der Waals surface area contributed by atoms with Crippen LogP contribution in [-0.4, -0.2) is 29.1 Å². The molecule has 0 saturated heterocycles. The van der Waals surface area contributed by atoms with E-state index in [1.54, 1.807) is 6.21 Å². The van der Waals surface area contributed by atoms with Gasteiger partial charge in [-0.1, -0.05) is 52.2 Å². The average Bonchev–Trinajstić information content (AvgIpc) is 2.86. The van der Waals surface area contributed by atoms with Crippen molar-refractivity contribution in [2.45, 2.75) is 65.7 Å². The van der Waals surface area contributed by atoms with Gasteiger partial charge in [0, 0.05) is 16.0 Å². The second kappa shape index (κ2) is 11.5. The minimum atomic E-state index is -0.150. The number of halogens is 2. The highest BCUT2D eigenvalue weighted by Crippen LogP contribution is 2.43. The van der Waals surface area contributed by atoms with Crippen molar-refractivity contribution in [2.75, 3.05) is 13.2 Å². The fraction of sp³-hybridized carbons (Fsp3) is 0.464. The Balaban J connectivity index is 1.79. The Morgan fingerprint density at radius 1 is 1.11 bits per heavy atom. The zero-order valence-corrected chi connectivity index (χ0v) is 24.5. The van der Waals surface area contributed by atoms with Crippen LogP contribution in [0, 0.1) is 5.41 Å². The van der Waals surface area contributed by atoms with E-state index in [-0.39, 0.29) is 16.9 Å². The monoisotopic (exact) mass is 617 g/mol. The van der Waals surface area contributed by atoms with E-state index in [9.17, 15) is 4.79 Å². The molecule has 0 aliphatic heterocycles. The first kappa shape index (κ1) is 26.9. The Kier molecular flexibility index (Phi) is 8.56. The molecule has 2 aromatic carbocycles. The van der Waals surface area contributed by atoms with Crippen molar-refractivity contribution in [2.24, 2.45) is 10.5 Å². The molecule has 0 bridgehead atoms. The van der Waals surface area contributed by atoms with E-state index in [0.717, 1.165) is 51.5 Å². The summed E-state index contributed by atoms with van der Waals surface area (Å²) in [6.45, 7) is 9.34. The summed E-state index contributed by atoms with van der Waals surface area (Å²) >= 11 is 7.36. The van der Waals surface area contributed by atoms with Gasteiger partial charge in [0.15, 0.2) is 11.5 Å². The van der Waals surface area contributed by atoms with Gasteiger partial charge < -0.3 is 9.47 Å². The van der Waals surface area contributed by atoms with Gasteiger partial charge in [0.1, 0.15) is 5.82 Å². The van der Waals surface area contributed by atoms with Crippen molar-refractivity contribution in [3.63, 3.8) is 0 Å². The second-order valence-electron chi connectivity index (χ2n) is 10.4. The van der Waals surface area contributed by atoms with Gasteiger partial charge in [0.05, 0.1) is 34.8 Å². The topological polar surface area (TPSA) is 65.7 Å². The molecule has 4 rings (SSSR count). The highest BCUT2D eigenvalue weighted by Gasteiger charge is 2.23. The summed E-state index contributed by atoms with van der Waals surface area (Å²) in [5.74, 6) is 2.22. The normalized spacial score (nSPS) is 15.1. The van der Waals surface area contributed by atoms with Crippen LogP contribution in [0.5, 0.6) is 11.5 Å². The van der Waals surface area contributed by atoms with Gasteiger partial charge in [-0.25, -0.2) is 4.98 Å². The van der Waals surface area contributed by atoms with Crippen LogP contribution < -0.4 is 15.0 Å². The van der Waals surface area contributed by atoms with Gasteiger partial charge in [0.2, 0.25) is 0 Å². The molecule has 1 aliphatic rings. The summed E-state index contributed by atoms with van der Waals surface area (Å²) in [6, 6.07) is 9.37. The number of benzene rings is 2. The van der Waals surface area contributed by atoms with E-state index in [1.807, 2.05) is 37.3 Å². The molecule has 1 fully saturated rings. The fourth-order valence-corrected chi connectivity index (χ4v) is 5.32. The Hall–Kier alpha value is -2.19. The van der Waals surface area contributed by atoms with Crippen LogP contribution in [0.25, 0.3) is 10.9 Å². The average molecular weight is 619 g/mol. The van der Waals surface area contributed by atoms with Crippen LogP contribution in [-0.2, 0) is 0 Å². The molecule has 0 atom stereocenters. The smallest absolute Gasteiger partial charge is 0.282 e. The lowest BCUT2D eigenvalue weighted by Gasteiger charge is -2.23. The van der Waals surface area contributed by atoms with E-state index in [0.29, 0.717) is 30.1 Å². The van der Waals surface area contributed by atoms with Crippen LogP contribution in [0.3, 0.4) is 0 Å². The first-order valence-corrected chi connectivity index (χ1v) is 14.1. The maximum Gasteiger partial charge on any atom is 0.282 e. The first-order chi connectivity index (χ1) is 17.2. The lowest BCUT2D eigenvalue weighted by molar-refractivity contribution is 0.187. The van der Waals surface area contributed by atoms with Gasteiger partial charge >= 0.3 is 0 Å².